The summed E-state index contributed by atoms with van der Waals surface area (Å²) in [5.41, 5.74) is 0. The Kier molecular flexibility index (Phi) is 3.58. The third kappa shape index (κ3) is 2.66. The molecule has 1 atom stereocenters. The molecule has 0 aromatic rings. The predicted molar refractivity (Wildman–Crippen MR) is 52.4 cm³/mol. The van der Waals surface area contributed by atoms with E-state index in [0.29, 0.717) is 6.04 Å². The first kappa shape index (κ1) is 9.44. The summed E-state index contributed by atoms with van der Waals surface area (Å²) in [5.74, 6) is 0. The lowest BCUT2D eigenvalue weighted by Gasteiger charge is -2.32. The Morgan fingerprint density at radius 2 is 2.08 bits per heavy atom. The van der Waals surface area contributed by atoms with Gasteiger partial charge in [-0.1, -0.05) is 0 Å². The molecule has 2 aliphatic heterocycles. The van der Waals surface area contributed by atoms with Crippen LogP contribution in [-0.2, 0) is 4.84 Å². The highest BCUT2D eigenvalue weighted by Gasteiger charge is 2.22. The van der Waals surface area contributed by atoms with Crippen LogP contribution in [0.2, 0.25) is 0 Å². The minimum absolute atomic E-state index is 0.676. The van der Waals surface area contributed by atoms with Crippen molar-refractivity contribution in [1.82, 2.24) is 10.4 Å². The van der Waals surface area contributed by atoms with Crippen molar-refractivity contribution in [1.29, 1.82) is 0 Å². The number of nitrogens with one attached hydrogen (secondary N) is 1. The van der Waals surface area contributed by atoms with Crippen LogP contribution in [0.1, 0.15) is 32.1 Å². The summed E-state index contributed by atoms with van der Waals surface area (Å²) in [6, 6.07) is 0.676. The Morgan fingerprint density at radius 3 is 2.92 bits per heavy atom. The van der Waals surface area contributed by atoms with Crippen molar-refractivity contribution in [2.45, 2.75) is 38.1 Å². The van der Waals surface area contributed by atoms with Gasteiger partial charge in [0.25, 0.3) is 0 Å². The van der Waals surface area contributed by atoms with Gasteiger partial charge in [-0.2, -0.15) is 5.06 Å². The molecule has 3 heteroatoms. The van der Waals surface area contributed by atoms with Crippen molar-refractivity contribution in [3.05, 3.63) is 0 Å². The van der Waals surface area contributed by atoms with Gasteiger partial charge in [-0.25, -0.2) is 0 Å². The van der Waals surface area contributed by atoms with Crippen molar-refractivity contribution in [2.75, 3.05) is 26.2 Å². The predicted octanol–water partition coefficient (Wildman–Crippen LogP) is 1.16. The number of hydrogen-bond acceptors (Lipinski definition) is 3. The Morgan fingerprint density at radius 1 is 1.08 bits per heavy atom. The van der Waals surface area contributed by atoms with Crippen LogP contribution in [0.4, 0.5) is 0 Å². The van der Waals surface area contributed by atoms with E-state index in [2.05, 4.69) is 10.4 Å². The van der Waals surface area contributed by atoms with Crippen molar-refractivity contribution >= 4 is 0 Å². The molecule has 1 unspecified atom stereocenters. The number of rotatable bonds is 1. The molecule has 0 aliphatic carbocycles. The third-order valence-corrected chi connectivity index (χ3v) is 2.98. The van der Waals surface area contributed by atoms with E-state index in [1.165, 1.54) is 38.6 Å². The number of nitrogens with zero attached hydrogens (tertiary/aromatic N) is 1. The molecule has 0 spiro atoms. The van der Waals surface area contributed by atoms with E-state index in [0.717, 1.165) is 19.7 Å². The molecule has 76 valence electrons. The molecule has 0 saturated carbocycles. The highest BCUT2D eigenvalue weighted by Crippen LogP contribution is 2.17. The van der Waals surface area contributed by atoms with E-state index in [1.807, 2.05) is 0 Å². The van der Waals surface area contributed by atoms with E-state index in [4.69, 9.17) is 4.84 Å². The molecule has 0 radical (unpaired) electrons. The monoisotopic (exact) mass is 184 g/mol. The summed E-state index contributed by atoms with van der Waals surface area (Å²) in [6.07, 6.45) is 6.39. The molecule has 2 rings (SSSR count). The van der Waals surface area contributed by atoms with Gasteiger partial charge in [0.05, 0.1) is 6.61 Å². The van der Waals surface area contributed by atoms with Crippen LogP contribution in [0.15, 0.2) is 0 Å². The average Bonchev–Trinajstić information content (AvgIpc) is 2.47. The third-order valence-electron chi connectivity index (χ3n) is 2.98. The van der Waals surface area contributed by atoms with Crippen molar-refractivity contribution < 1.29 is 4.84 Å². The fourth-order valence-electron chi connectivity index (χ4n) is 2.19. The van der Waals surface area contributed by atoms with Crippen LogP contribution in [-0.4, -0.2) is 37.3 Å². The van der Waals surface area contributed by atoms with Crippen LogP contribution in [0.3, 0.4) is 0 Å². The van der Waals surface area contributed by atoms with Gasteiger partial charge in [-0.15, -0.1) is 0 Å². The first-order valence-corrected chi connectivity index (χ1v) is 5.57. The van der Waals surface area contributed by atoms with Crippen LogP contribution >= 0.6 is 0 Å². The highest BCUT2D eigenvalue weighted by molar-refractivity contribution is 4.73. The largest absolute Gasteiger partial charge is 0.317 e. The molecule has 0 bridgehead atoms. The van der Waals surface area contributed by atoms with Gasteiger partial charge in [0, 0.05) is 12.6 Å². The maximum Gasteiger partial charge on any atom is 0.0685 e. The second kappa shape index (κ2) is 4.94. The summed E-state index contributed by atoms with van der Waals surface area (Å²) in [6.45, 7) is 4.42. The standard InChI is InChI=1S/C10H20N2O/c1-2-9-13-12(8-1)10-4-3-6-11-7-5-10/h10-11H,1-9H2. The van der Waals surface area contributed by atoms with Gasteiger partial charge < -0.3 is 5.32 Å². The maximum atomic E-state index is 5.68. The summed E-state index contributed by atoms with van der Waals surface area (Å²) in [7, 11) is 0. The number of hydroxylamine groups is 2. The SMILES string of the molecule is C1CCN(C2CCCNCC2)OC1. The molecule has 0 aromatic carbocycles. The van der Waals surface area contributed by atoms with Crippen LogP contribution in [0, 0.1) is 0 Å². The smallest absolute Gasteiger partial charge is 0.0685 e. The van der Waals surface area contributed by atoms with Gasteiger partial charge in [0.15, 0.2) is 0 Å². The molecular weight excluding hydrogens is 164 g/mol. The van der Waals surface area contributed by atoms with Gasteiger partial charge in [0.2, 0.25) is 0 Å². The molecule has 1 N–H and O–H groups in total. The van der Waals surface area contributed by atoms with Gasteiger partial charge in [-0.05, 0) is 45.2 Å². The average molecular weight is 184 g/mol. The number of hydrogen-bond donors (Lipinski definition) is 1. The van der Waals surface area contributed by atoms with Crippen LogP contribution in [0.5, 0.6) is 0 Å². The van der Waals surface area contributed by atoms with Crippen LogP contribution in [0.25, 0.3) is 0 Å². The Balaban J connectivity index is 1.82. The minimum atomic E-state index is 0.676. The van der Waals surface area contributed by atoms with Gasteiger partial charge in [-0.3, -0.25) is 4.84 Å². The zero-order valence-electron chi connectivity index (χ0n) is 8.30. The Bertz CT molecular complexity index is 138. The van der Waals surface area contributed by atoms with Crippen molar-refractivity contribution in [3.63, 3.8) is 0 Å². The molecule has 0 amide bonds. The zero-order chi connectivity index (χ0) is 8.93. The molecule has 2 aliphatic rings. The molecule has 3 nitrogen and oxygen atoms in total. The van der Waals surface area contributed by atoms with Crippen LogP contribution < -0.4 is 5.32 Å². The second-order valence-corrected chi connectivity index (χ2v) is 4.02. The van der Waals surface area contributed by atoms with Crippen molar-refractivity contribution in [3.8, 4) is 0 Å². The molecule has 0 aromatic heterocycles. The molecule has 2 fully saturated rings. The van der Waals surface area contributed by atoms with E-state index < -0.39 is 0 Å². The quantitative estimate of drug-likeness (QED) is 0.661. The first-order valence-electron chi connectivity index (χ1n) is 5.57. The highest BCUT2D eigenvalue weighted by atomic mass is 16.7. The lowest BCUT2D eigenvalue weighted by atomic mass is 10.1. The van der Waals surface area contributed by atoms with E-state index in [-0.39, 0.29) is 0 Å². The molecule has 2 heterocycles. The minimum Gasteiger partial charge on any atom is -0.317 e. The second-order valence-electron chi connectivity index (χ2n) is 4.02. The molecular formula is C10H20N2O. The van der Waals surface area contributed by atoms with Gasteiger partial charge >= 0.3 is 0 Å². The molecule has 2 saturated heterocycles. The normalized spacial score (nSPS) is 32.8. The topological polar surface area (TPSA) is 24.5 Å². The van der Waals surface area contributed by atoms with Crippen molar-refractivity contribution in [2.24, 2.45) is 0 Å². The maximum absolute atomic E-state index is 5.68. The summed E-state index contributed by atoms with van der Waals surface area (Å²) in [5, 5.41) is 5.67. The fraction of sp³-hybridized carbons (Fsp3) is 1.00. The summed E-state index contributed by atoms with van der Waals surface area (Å²) in [4.78, 5) is 5.68. The zero-order valence-corrected chi connectivity index (χ0v) is 8.30. The fourth-order valence-corrected chi connectivity index (χ4v) is 2.19. The first-order chi connectivity index (χ1) is 6.47. The van der Waals surface area contributed by atoms with E-state index in [1.54, 1.807) is 0 Å². The Hall–Kier alpha value is -0.120. The lowest BCUT2D eigenvalue weighted by molar-refractivity contribution is -0.207. The lowest BCUT2D eigenvalue weighted by Crippen LogP contribution is -2.39. The summed E-state index contributed by atoms with van der Waals surface area (Å²) < 4.78 is 0. The van der Waals surface area contributed by atoms with E-state index >= 15 is 0 Å². The van der Waals surface area contributed by atoms with E-state index in [9.17, 15) is 0 Å². The Labute approximate surface area is 80.4 Å². The molecule has 13 heavy (non-hydrogen) atoms. The van der Waals surface area contributed by atoms with Gasteiger partial charge in [0.1, 0.15) is 0 Å². The summed E-state index contributed by atoms with van der Waals surface area (Å²) >= 11 is 0.